The Hall–Kier alpha value is -1.87. The van der Waals surface area contributed by atoms with E-state index in [0.717, 1.165) is 21.5 Å². The summed E-state index contributed by atoms with van der Waals surface area (Å²) in [5.74, 6) is 0.867. The molecule has 0 aliphatic heterocycles. The van der Waals surface area contributed by atoms with Crippen LogP contribution in [-0.2, 0) is 0 Å². The van der Waals surface area contributed by atoms with E-state index >= 15 is 0 Å². The number of ether oxygens (including phenoxy) is 1. The number of benzene rings is 2. The Bertz CT molecular complexity index is 627. The summed E-state index contributed by atoms with van der Waals surface area (Å²) in [6.45, 7) is 2.03. The van der Waals surface area contributed by atoms with Crippen LogP contribution in [0.2, 0.25) is 0 Å². The Labute approximate surface area is 104 Å². The van der Waals surface area contributed by atoms with Crippen molar-refractivity contribution in [3.63, 3.8) is 0 Å². The number of aromatic nitrogens is 1. The van der Waals surface area contributed by atoms with Crippen LogP contribution in [0.3, 0.4) is 0 Å². The van der Waals surface area contributed by atoms with Crippen LogP contribution in [0.15, 0.2) is 48.5 Å². The second-order valence-electron chi connectivity index (χ2n) is 3.82. The molecule has 2 aromatic carbocycles. The maximum absolute atomic E-state index is 5.80. The summed E-state index contributed by atoms with van der Waals surface area (Å²) in [5, 5.41) is 0.695. The van der Waals surface area contributed by atoms with Crippen molar-refractivity contribution in [2.45, 2.75) is 6.92 Å². The Morgan fingerprint density at radius 1 is 1.00 bits per heavy atom. The fourth-order valence-corrected chi connectivity index (χ4v) is 2.49. The largest absolute Gasteiger partial charge is 0.431 e. The number of aryl methyl sites for hydroxylation is 1. The molecule has 0 spiro atoms. The van der Waals surface area contributed by atoms with Gasteiger partial charge in [-0.05, 0) is 30.7 Å². The highest BCUT2D eigenvalue weighted by Gasteiger charge is 2.06. The van der Waals surface area contributed by atoms with Crippen molar-refractivity contribution in [2.75, 3.05) is 0 Å². The van der Waals surface area contributed by atoms with Gasteiger partial charge in [-0.15, -0.1) is 0 Å². The van der Waals surface area contributed by atoms with Crippen molar-refractivity contribution in [1.82, 2.24) is 4.98 Å². The maximum Gasteiger partial charge on any atom is 0.279 e. The third-order valence-electron chi connectivity index (χ3n) is 2.57. The van der Waals surface area contributed by atoms with Crippen LogP contribution >= 0.6 is 11.3 Å². The van der Waals surface area contributed by atoms with Crippen LogP contribution in [-0.4, -0.2) is 4.98 Å². The molecule has 0 aliphatic rings. The van der Waals surface area contributed by atoms with E-state index in [4.69, 9.17) is 4.74 Å². The number of hydrogen-bond donors (Lipinski definition) is 0. The van der Waals surface area contributed by atoms with Crippen LogP contribution < -0.4 is 4.74 Å². The predicted octanol–water partition coefficient (Wildman–Crippen LogP) is 4.40. The molecule has 0 unspecified atom stereocenters. The van der Waals surface area contributed by atoms with Crippen LogP contribution in [0.4, 0.5) is 0 Å². The summed E-state index contributed by atoms with van der Waals surface area (Å²) in [4.78, 5) is 4.45. The normalized spacial score (nSPS) is 10.6. The van der Waals surface area contributed by atoms with Gasteiger partial charge in [0.05, 0.1) is 10.2 Å². The van der Waals surface area contributed by atoms with Gasteiger partial charge in [0.1, 0.15) is 5.75 Å². The minimum atomic E-state index is 0.695. The molecule has 3 heteroatoms. The van der Waals surface area contributed by atoms with Gasteiger partial charge in [-0.25, -0.2) is 4.98 Å². The minimum absolute atomic E-state index is 0.695. The quantitative estimate of drug-likeness (QED) is 0.663. The van der Waals surface area contributed by atoms with Gasteiger partial charge in [-0.3, -0.25) is 0 Å². The van der Waals surface area contributed by atoms with Crippen LogP contribution in [0.25, 0.3) is 10.2 Å². The molecule has 0 atom stereocenters. The lowest BCUT2D eigenvalue weighted by atomic mass is 10.2. The number of hydrogen-bond acceptors (Lipinski definition) is 3. The van der Waals surface area contributed by atoms with Gasteiger partial charge in [-0.2, -0.15) is 0 Å². The lowest BCUT2D eigenvalue weighted by Crippen LogP contribution is -1.85. The third-order valence-corrected chi connectivity index (χ3v) is 3.48. The highest BCUT2D eigenvalue weighted by molar-refractivity contribution is 7.20. The summed E-state index contributed by atoms with van der Waals surface area (Å²) < 4.78 is 6.95. The van der Waals surface area contributed by atoms with Crippen molar-refractivity contribution in [2.24, 2.45) is 0 Å². The van der Waals surface area contributed by atoms with E-state index in [2.05, 4.69) is 11.1 Å². The number of nitrogens with zero attached hydrogens (tertiary/aromatic N) is 1. The molecule has 1 heterocycles. The number of rotatable bonds is 2. The summed E-state index contributed by atoms with van der Waals surface area (Å²) in [7, 11) is 0. The molecule has 0 amide bonds. The third kappa shape index (κ3) is 2.01. The first-order valence-corrected chi connectivity index (χ1v) is 6.23. The van der Waals surface area contributed by atoms with Crippen molar-refractivity contribution < 1.29 is 4.74 Å². The molecule has 1 aromatic heterocycles. The zero-order valence-corrected chi connectivity index (χ0v) is 10.2. The van der Waals surface area contributed by atoms with Crippen molar-refractivity contribution in [3.8, 4) is 10.9 Å². The molecule has 0 bridgehead atoms. The SMILES string of the molecule is Cc1ccccc1Oc1nc2ccccc2s1. The molecule has 0 saturated carbocycles. The molecular weight excluding hydrogens is 230 g/mol. The maximum atomic E-state index is 5.80. The van der Waals surface area contributed by atoms with Crippen LogP contribution in [0, 0.1) is 6.92 Å². The zero-order valence-electron chi connectivity index (χ0n) is 9.38. The van der Waals surface area contributed by atoms with Gasteiger partial charge in [0.15, 0.2) is 0 Å². The summed E-state index contributed by atoms with van der Waals surface area (Å²) in [5.41, 5.74) is 2.10. The highest BCUT2D eigenvalue weighted by atomic mass is 32.1. The topological polar surface area (TPSA) is 22.1 Å². The average Bonchev–Trinajstić information content (AvgIpc) is 2.74. The Morgan fingerprint density at radius 3 is 2.59 bits per heavy atom. The van der Waals surface area contributed by atoms with E-state index in [0.29, 0.717) is 5.19 Å². The van der Waals surface area contributed by atoms with Gasteiger partial charge < -0.3 is 4.74 Å². The Morgan fingerprint density at radius 2 is 1.76 bits per heavy atom. The molecule has 3 aromatic rings. The second-order valence-corrected chi connectivity index (χ2v) is 4.81. The van der Waals surface area contributed by atoms with Crippen LogP contribution in [0.5, 0.6) is 10.9 Å². The van der Waals surface area contributed by atoms with Crippen molar-refractivity contribution >= 4 is 21.6 Å². The Kier molecular flexibility index (Phi) is 2.53. The highest BCUT2D eigenvalue weighted by Crippen LogP contribution is 2.32. The standard InChI is InChI=1S/C14H11NOS/c1-10-6-2-4-8-12(10)16-14-15-11-7-3-5-9-13(11)17-14/h2-9H,1H3. The smallest absolute Gasteiger partial charge is 0.279 e. The molecular formula is C14H11NOS. The van der Waals surface area contributed by atoms with E-state index in [1.165, 1.54) is 0 Å². The number of fused-ring (bicyclic) bond motifs is 1. The molecule has 0 fully saturated rings. The van der Waals surface area contributed by atoms with E-state index in [9.17, 15) is 0 Å². The fraction of sp³-hybridized carbons (Fsp3) is 0.0714. The van der Waals surface area contributed by atoms with E-state index in [1.807, 2.05) is 49.4 Å². The first kappa shape index (κ1) is 10.3. The van der Waals surface area contributed by atoms with Gasteiger partial charge in [0.25, 0.3) is 5.19 Å². The van der Waals surface area contributed by atoms with E-state index in [-0.39, 0.29) is 0 Å². The predicted molar refractivity (Wildman–Crippen MR) is 70.9 cm³/mol. The van der Waals surface area contributed by atoms with Gasteiger partial charge >= 0.3 is 0 Å². The van der Waals surface area contributed by atoms with Crippen molar-refractivity contribution in [3.05, 3.63) is 54.1 Å². The molecule has 0 aliphatic carbocycles. The summed E-state index contributed by atoms with van der Waals surface area (Å²) >= 11 is 1.57. The number of para-hydroxylation sites is 2. The van der Waals surface area contributed by atoms with E-state index in [1.54, 1.807) is 11.3 Å². The summed E-state index contributed by atoms with van der Waals surface area (Å²) in [6.07, 6.45) is 0. The molecule has 0 saturated heterocycles. The summed E-state index contributed by atoms with van der Waals surface area (Å²) in [6, 6.07) is 16.0. The average molecular weight is 241 g/mol. The zero-order chi connectivity index (χ0) is 11.7. The van der Waals surface area contributed by atoms with Crippen LogP contribution in [0.1, 0.15) is 5.56 Å². The molecule has 0 radical (unpaired) electrons. The molecule has 84 valence electrons. The monoisotopic (exact) mass is 241 g/mol. The van der Waals surface area contributed by atoms with E-state index < -0.39 is 0 Å². The van der Waals surface area contributed by atoms with Gasteiger partial charge in [0.2, 0.25) is 0 Å². The molecule has 0 N–H and O–H groups in total. The van der Waals surface area contributed by atoms with Gasteiger partial charge in [0, 0.05) is 0 Å². The molecule has 3 rings (SSSR count). The lowest BCUT2D eigenvalue weighted by Gasteiger charge is -2.03. The fourth-order valence-electron chi connectivity index (χ4n) is 1.66. The first-order valence-electron chi connectivity index (χ1n) is 5.42. The molecule has 2 nitrogen and oxygen atoms in total. The minimum Gasteiger partial charge on any atom is -0.431 e. The first-order chi connectivity index (χ1) is 8.33. The second kappa shape index (κ2) is 4.18. The Balaban J connectivity index is 1.98. The number of thiazole rings is 1. The lowest BCUT2D eigenvalue weighted by molar-refractivity contribution is 0.476. The van der Waals surface area contributed by atoms with Gasteiger partial charge in [-0.1, -0.05) is 41.7 Å². The molecule has 17 heavy (non-hydrogen) atoms. The van der Waals surface area contributed by atoms with Crippen molar-refractivity contribution in [1.29, 1.82) is 0 Å².